The van der Waals surface area contributed by atoms with Gasteiger partial charge in [-0.25, -0.2) is 9.97 Å². The predicted octanol–water partition coefficient (Wildman–Crippen LogP) is 0.799. The molecule has 3 aliphatic rings. The lowest BCUT2D eigenvalue weighted by Crippen LogP contribution is -2.60. The molecule has 2 saturated heterocycles. The Balaban J connectivity index is 1.19. The molecule has 0 unspecified atom stereocenters. The van der Waals surface area contributed by atoms with Gasteiger partial charge in [-0.2, -0.15) is 0 Å². The third-order valence-electron chi connectivity index (χ3n) is 7.20. The Kier molecular flexibility index (Phi) is 8.53. The number of hydrogen-bond acceptors (Lipinski definition) is 7. The third-order valence-corrected chi connectivity index (χ3v) is 7.20. The number of aliphatic imine (C=N–C) groups is 1. The summed E-state index contributed by atoms with van der Waals surface area (Å²) in [6, 6.07) is 1.86. The number of rotatable bonds is 7. The number of guanidine groups is 1. The fraction of sp³-hybridized carbons (Fsp3) is 0.783. The molecule has 4 rings (SSSR count). The van der Waals surface area contributed by atoms with Crippen LogP contribution in [0.1, 0.15) is 32.1 Å². The largest absolute Gasteiger partial charge is 0.379 e. The van der Waals surface area contributed by atoms with E-state index in [2.05, 4.69) is 40.3 Å². The van der Waals surface area contributed by atoms with Gasteiger partial charge in [0.1, 0.15) is 0 Å². The molecular weight excluding hydrogens is 404 g/mol. The van der Waals surface area contributed by atoms with Crippen molar-refractivity contribution in [2.75, 3.05) is 84.1 Å². The van der Waals surface area contributed by atoms with E-state index in [0.717, 1.165) is 84.0 Å². The molecule has 0 amide bonds. The van der Waals surface area contributed by atoms with E-state index in [-0.39, 0.29) is 5.54 Å². The lowest BCUT2D eigenvalue weighted by molar-refractivity contribution is -0.0352. The SMILES string of the molecule is CN=C(NCCN1CCN(c2ncccn2)CC1)NCC1(N2CCOCC2)CCCCC1. The van der Waals surface area contributed by atoms with E-state index >= 15 is 0 Å². The molecule has 0 atom stereocenters. The highest BCUT2D eigenvalue weighted by Crippen LogP contribution is 2.33. The molecule has 0 aromatic carbocycles. The summed E-state index contributed by atoms with van der Waals surface area (Å²) >= 11 is 0. The van der Waals surface area contributed by atoms with Crippen molar-refractivity contribution >= 4 is 11.9 Å². The third kappa shape index (κ3) is 6.08. The van der Waals surface area contributed by atoms with Crippen LogP contribution in [0.15, 0.2) is 23.5 Å². The molecule has 9 nitrogen and oxygen atoms in total. The van der Waals surface area contributed by atoms with Crippen LogP contribution in [0.3, 0.4) is 0 Å². The Labute approximate surface area is 192 Å². The standard InChI is InChI=1S/C23H40N8O/c1-24-21(28-20-23(6-3-2-4-7-23)31-16-18-32-19-17-31)25-10-11-29-12-14-30(15-13-29)22-26-8-5-9-27-22/h5,8-9H,2-4,6-7,10-20H2,1H3,(H2,24,25,28). The first-order valence-corrected chi connectivity index (χ1v) is 12.3. The van der Waals surface area contributed by atoms with Gasteiger partial charge >= 0.3 is 0 Å². The highest BCUT2D eigenvalue weighted by molar-refractivity contribution is 5.79. The van der Waals surface area contributed by atoms with E-state index in [4.69, 9.17) is 4.74 Å². The van der Waals surface area contributed by atoms with Gasteiger partial charge in [-0.3, -0.25) is 14.8 Å². The van der Waals surface area contributed by atoms with Crippen LogP contribution in [0, 0.1) is 0 Å². The van der Waals surface area contributed by atoms with Crippen LogP contribution in [0.25, 0.3) is 0 Å². The van der Waals surface area contributed by atoms with Gasteiger partial charge in [0.25, 0.3) is 0 Å². The van der Waals surface area contributed by atoms with Crippen LogP contribution in [0.4, 0.5) is 5.95 Å². The summed E-state index contributed by atoms with van der Waals surface area (Å²) < 4.78 is 5.61. The first-order chi connectivity index (χ1) is 15.8. The maximum Gasteiger partial charge on any atom is 0.225 e. The molecule has 1 aromatic heterocycles. The summed E-state index contributed by atoms with van der Waals surface area (Å²) in [5.74, 6) is 1.76. The summed E-state index contributed by atoms with van der Waals surface area (Å²) in [4.78, 5) is 20.7. The van der Waals surface area contributed by atoms with Crippen LogP contribution < -0.4 is 15.5 Å². The maximum atomic E-state index is 5.61. The number of aromatic nitrogens is 2. The van der Waals surface area contributed by atoms with Crippen LogP contribution in [0.5, 0.6) is 0 Å². The van der Waals surface area contributed by atoms with Crippen molar-refractivity contribution in [2.24, 2.45) is 4.99 Å². The monoisotopic (exact) mass is 444 g/mol. The summed E-state index contributed by atoms with van der Waals surface area (Å²) in [6.45, 7) is 10.7. The van der Waals surface area contributed by atoms with Crippen LogP contribution in [-0.4, -0.2) is 110 Å². The van der Waals surface area contributed by atoms with Crippen molar-refractivity contribution in [3.63, 3.8) is 0 Å². The normalized spacial score (nSPS) is 23.2. The fourth-order valence-electron chi connectivity index (χ4n) is 5.28. The second kappa shape index (κ2) is 11.8. The minimum atomic E-state index is 0.246. The number of anilines is 1. The Morgan fingerprint density at radius 1 is 1.00 bits per heavy atom. The highest BCUT2D eigenvalue weighted by atomic mass is 16.5. The van der Waals surface area contributed by atoms with Crippen LogP contribution in [0.2, 0.25) is 0 Å². The van der Waals surface area contributed by atoms with E-state index < -0.39 is 0 Å². The smallest absolute Gasteiger partial charge is 0.225 e. The first-order valence-electron chi connectivity index (χ1n) is 12.3. The zero-order valence-electron chi connectivity index (χ0n) is 19.6. The molecule has 2 aliphatic heterocycles. The number of hydrogen-bond donors (Lipinski definition) is 2. The first kappa shape index (κ1) is 23.2. The zero-order chi connectivity index (χ0) is 22.1. The molecule has 178 valence electrons. The van der Waals surface area contributed by atoms with Crippen LogP contribution in [-0.2, 0) is 4.74 Å². The van der Waals surface area contributed by atoms with Gasteiger partial charge in [0.2, 0.25) is 5.95 Å². The lowest BCUT2D eigenvalue weighted by Gasteiger charge is -2.48. The van der Waals surface area contributed by atoms with Gasteiger partial charge < -0.3 is 20.3 Å². The number of morpholine rings is 1. The topological polar surface area (TPSA) is 81.2 Å². The van der Waals surface area contributed by atoms with Crippen molar-refractivity contribution in [1.82, 2.24) is 30.4 Å². The number of nitrogens with zero attached hydrogens (tertiary/aromatic N) is 6. The van der Waals surface area contributed by atoms with E-state index in [1.54, 1.807) is 0 Å². The second-order valence-electron chi connectivity index (χ2n) is 9.11. The minimum Gasteiger partial charge on any atom is -0.379 e. The summed E-state index contributed by atoms with van der Waals surface area (Å²) in [6.07, 6.45) is 10.2. The summed E-state index contributed by atoms with van der Waals surface area (Å²) in [7, 11) is 1.87. The lowest BCUT2D eigenvalue weighted by atomic mass is 9.80. The molecule has 0 bridgehead atoms. The maximum absolute atomic E-state index is 5.61. The zero-order valence-corrected chi connectivity index (χ0v) is 19.6. The Morgan fingerprint density at radius 2 is 1.72 bits per heavy atom. The van der Waals surface area contributed by atoms with Gasteiger partial charge in [0.15, 0.2) is 5.96 Å². The molecule has 0 spiro atoms. The molecular formula is C23H40N8O. The molecule has 3 fully saturated rings. The molecule has 0 radical (unpaired) electrons. The summed E-state index contributed by atoms with van der Waals surface area (Å²) in [5, 5.41) is 7.19. The van der Waals surface area contributed by atoms with Gasteiger partial charge in [-0.05, 0) is 18.9 Å². The van der Waals surface area contributed by atoms with Crippen molar-refractivity contribution in [3.8, 4) is 0 Å². The number of ether oxygens (including phenoxy) is 1. The number of piperazine rings is 1. The number of nitrogens with one attached hydrogen (secondary N) is 2. The van der Waals surface area contributed by atoms with E-state index in [9.17, 15) is 0 Å². The summed E-state index contributed by atoms with van der Waals surface area (Å²) in [5.41, 5.74) is 0.246. The second-order valence-corrected chi connectivity index (χ2v) is 9.11. The van der Waals surface area contributed by atoms with Crippen LogP contribution >= 0.6 is 0 Å². The molecule has 1 saturated carbocycles. The molecule has 2 N–H and O–H groups in total. The fourth-order valence-corrected chi connectivity index (χ4v) is 5.28. The molecule has 1 aromatic rings. The quantitative estimate of drug-likeness (QED) is 0.472. The predicted molar refractivity (Wildman–Crippen MR) is 128 cm³/mol. The van der Waals surface area contributed by atoms with Gasteiger partial charge in [-0.15, -0.1) is 0 Å². The Hall–Kier alpha value is -1.97. The van der Waals surface area contributed by atoms with Crippen molar-refractivity contribution in [3.05, 3.63) is 18.5 Å². The van der Waals surface area contributed by atoms with Crippen molar-refractivity contribution in [1.29, 1.82) is 0 Å². The van der Waals surface area contributed by atoms with Crippen molar-refractivity contribution in [2.45, 2.75) is 37.6 Å². The highest BCUT2D eigenvalue weighted by Gasteiger charge is 2.38. The molecule has 1 aliphatic carbocycles. The molecule has 3 heterocycles. The van der Waals surface area contributed by atoms with Crippen molar-refractivity contribution < 1.29 is 4.74 Å². The van der Waals surface area contributed by atoms with E-state index in [1.807, 2.05) is 25.5 Å². The molecule has 32 heavy (non-hydrogen) atoms. The van der Waals surface area contributed by atoms with E-state index in [1.165, 1.54) is 32.1 Å². The Bertz CT molecular complexity index is 695. The van der Waals surface area contributed by atoms with Gasteiger partial charge in [-0.1, -0.05) is 19.3 Å². The minimum absolute atomic E-state index is 0.246. The average molecular weight is 445 g/mol. The Morgan fingerprint density at radius 3 is 2.41 bits per heavy atom. The average Bonchev–Trinajstić information content (AvgIpc) is 2.88. The molecule has 9 heteroatoms. The van der Waals surface area contributed by atoms with Gasteiger partial charge in [0, 0.05) is 83.9 Å². The van der Waals surface area contributed by atoms with Gasteiger partial charge in [0.05, 0.1) is 13.2 Å². The van der Waals surface area contributed by atoms with E-state index in [0.29, 0.717) is 0 Å².